The number of likely N-dealkylation sites (N-methyl/N-ethyl adjacent to an activating group) is 1. The Hall–Kier alpha value is -1.88. The van der Waals surface area contributed by atoms with Gasteiger partial charge in [0.25, 0.3) is 0 Å². The van der Waals surface area contributed by atoms with Gasteiger partial charge in [-0.3, -0.25) is 0 Å². The molecule has 0 saturated heterocycles. The minimum Gasteiger partial charge on any atom is -0.389 e. The van der Waals surface area contributed by atoms with Crippen LogP contribution in [0.25, 0.3) is 10.9 Å². The highest BCUT2D eigenvalue weighted by molar-refractivity contribution is 6.35. The first kappa shape index (κ1) is 16.0. The molecule has 2 atom stereocenters. The number of hydrogen-bond acceptors (Lipinski definition) is 2. The molecule has 0 aliphatic rings. The van der Waals surface area contributed by atoms with Gasteiger partial charge >= 0.3 is 0 Å². The number of hydrogen-bond donors (Lipinski definition) is 2. The molecule has 2 N–H and O–H groups in total. The number of rotatable bonds is 5. The van der Waals surface area contributed by atoms with E-state index in [-0.39, 0.29) is 5.82 Å². The van der Waals surface area contributed by atoms with Crippen molar-refractivity contribution in [1.82, 2.24) is 9.88 Å². The lowest BCUT2D eigenvalue weighted by Gasteiger charge is -2.26. The van der Waals surface area contributed by atoms with Crippen LogP contribution in [0.1, 0.15) is 11.6 Å². The minimum atomic E-state index is -0.712. The van der Waals surface area contributed by atoms with Crippen LogP contribution in [0.15, 0.2) is 54.7 Å². The van der Waals surface area contributed by atoms with Crippen LogP contribution in [-0.2, 0) is 0 Å². The van der Waals surface area contributed by atoms with Gasteiger partial charge in [0.2, 0.25) is 0 Å². The van der Waals surface area contributed by atoms with E-state index in [1.54, 1.807) is 13.1 Å². The fourth-order valence-corrected chi connectivity index (χ4v) is 3.21. The van der Waals surface area contributed by atoms with Crippen LogP contribution in [0, 0.1) is 5.82 Å². The van der Waals surface area contributed by atoms with Crippen LogP contribution in [0.4, 0.5) is 4.39 Å². The van der Waals surface area contributed by atoms with Crippen LogP contribution in [0.5, 0.6) is 0 Å². The van der Waals surface area contributed by atoms with E-state index in [2.05, 4.69) is 5.32 Å². The van der Waals surface area contributed by atoms with Gasteiger partial charge in [-0.05, 0) is 42.9 Å². The standard InChI is InChI=1S/C18H18ClFN2O/c1-21-11-17(23)18(12-4-2-5-13(20)10-12)22-9-8-14-15(19)6-3-7-16(14)22/h2-10,17-18,21,23H,11H2,1H3/t17-,18+/m1/s1. The second kappa shape index (κ2) is 6.71. The molecule has 2 aromatic carbocycles. The molecule has 0 unspecified atom stereocenters. The molecular formula is C18H18ClFN2O. The average molecular weight is 333 g/mol. The molecule has 0 aliphatic carbocycles. The molecule has 0 bridgehead atoms. The predicted molar refractivity (Wildman–Crippen MR) is 91.4 cm³/mol. The van der Waals surface area contributed by atoms with Crippen molar-refractivity contribution in [2.45, 2.75) is 12.1 Å². The molecule has 1 aromatic heterocycles. The Kier molecular flexibility index (Phi) is 4.66. The lowest BCUT2D eigenvalue weighted by Crippen LogP contribution is -2.33. The van der Waals surface area contributed by atoms with Crippen molar-refractivity contribution in [2.75, 3.05) is 13.6 Å². The molecule has 0 spiro atoms. The molecule has 3 aromatic rings. The van der Waals surface area contributed by atoms with Gasteiger partial charge in [0.05, 0.1) is 17.7 Å². The van der Waals surface area contributed by atoms with Crippen molar-refractivity contribution in [3.63, 3.8) is 0 Å². The maximum absolute atomic E-state index is 13.7. The summed E-state index contributed by atoms with van der Waals surface area (Å²) >= 11 is 6.24. The molecule has 0 fully saturated rings. The molecule has 3 nitrogen and oxygen atoms in total. The van der Waals surface area contributed by atoms with Gasteiger partial charge in [0.15, 0.2) is 0 Å². The first-order valence-corrected chi connectivity index (χ1v) is 7.83. The zero-order valence-corrected chi connectivity index (χ0v) is 13.5. The summed E-state index contributed by atoms with van der Waals surface area (Å²) in [6, 6.07) is 13.5. The highest BCUT2D eigenvalue weighted by Gasteiger charge is 2.24. The van der Waals surface area contributed by atoms with Gasteiger partial charge < -0.3 is 15.0 Å². The number of aliphatic hydroxyl groups excluding tert-OH is 1. The number of aromatic nitrogens is 1. The minimum absolute atomic E-state index is 0.321. The van der Waals surface area contributed by atoms with Crippen LogP contribution in [0.2, 0.25) is 5.02 Å². The van der Waals surface area contributed by atoms with E-state index in [0.29, 0.717) is 17.1 Å². The summed E-state index contributed by atoms with van der Waals surface area (Å²) in [5.74, 6) is -0.321. The smallest absolute Gasteiger partial charge is 0.123 e. The summed E-state index contributed by atoms with van der Waals surface area (Å²) in [6.07, 6.45) is 1.17. The molecule has 1 heterocycles. The number of aliphatic hydroxyl groups is 1. The fraction of sp³-hybridized carbons (Fsp3) is 0.222. The molecule has 120 valence electrons. The van der Waals surface area contributed by atoms with E-state index in [0.717, 1.165) is 10.9 Å². The van der Waals surface area contributed by atoms with Crippen molar-refractivity contribution >= 4 is 22.5 Å². The second-order valence-corrected chi connectivity index (χ2v) is 5.93. The van der Waals surface area contributed by atoms with E-state index in [1.165, 1.54) is 12.1 Å². The number of nitrogens with zero attached hydrogens (tertiary/aromatic N) is 1. The SMILES string of the molecule is CNC[C@@H](O)[C@H](c1cccc(F)c1)n1ccc2c(Cl)cccc21. The molecule has 5 heteroatoms. The summed E-state index contributed by atoms with van der Waals surface area (Å²) in [6.45, 7) is 0.390. The summed E-state index contributed by atoms with van der Waals surface area (Å²) in [4.78, 5) is 0. The monoisotopic (exact) mass is 332 g/mol. The zero-order chi connectivity index (χ0) is 16.4. The van der Waals surface area contributed by atoms with E-state index in [4.69, 9.17) is 11.6 Å². The second-order valence-electron chi connectivity index (χ2n) is 5.52. The lowest BCUT2D eigenvalue weighted by atomic mass is 10.0. The summed E-state index contributed by atoms with van der Waals surface area (Å²) in [7, 11) is 1.77. The fourth-order valence-electron chi connectivity index (χ4n) is 2.97. The molecule has 0 amide bonds. The zero-order valence-electron chi connectivity index (χ0n) is 12.7. The highest BCUT2D eigenvalue weighted by atomic mass is 35.5. The third kappa shape index (κ3) is 3.11. The van der Waals surface area contributed by atoms with E-state index >= 15 is 0 Å². The molecule has 0 radical (unpaired) electrons. The van der Waals surface area contributed by atoms with Crippen molar-refractivity contribution in [3.05, 3.63) is 71.1 Å². The Morgan fingerprint density at radius 1 is 1.22 bits per heavy atom. The topological polar surface area (TPSA) is 37.2 Å². The van der Waals surface area contributed by atoms with E-state index in [1.807, 2.05) is 41.1 Å². The van der Waals surface area contributed by atoms with Gasteiger partial charge in [0, 0.05) is 23.2 Å². The van der Waals surface area contributed by atoms with Crippen LogP contribution < -0.4 is 5.32 Å². The molecule has 0 aliphatic heterocycles. The Labute approximate surface area is 139 Å². The van der Waals surface area contributed by atoms with Crippen molar-refractivity contribution in [2.24, 2.45) is 0 Å². The molecule has 3 rings (SSSR count). The Morgan fingerprint density at radius 2 is 2.00 bits per heavy atom. The quantitative estimate of drug-likeness (QED) is 0.749. The van der Waals surface area contributed by atoms with Crippen molar-refractivity contribution in [3.8, 4) is 0 Å². The van der Waals surface area contributed by atoms with Gasteiger partial charge in [-0.2, -0.15) is 0 Å². The maximum Gasteiger partial charge on any atom is 0.123 e. The molecular weight excluding hydrogens is 315 g/mol. The molecule has 0 saturated carbocycles. The number of benzene rings is 2. The van der Waals surface area contributed by atoms with Crippen LogP contribution >= 0.6 is 11.6 Å². The van der Waals surface area contributed by atoms with Gasteiger partial charge in [0.1, 0.15) is 5.82 Å². The predicted octanol–water partition coefficient (Wildman–Crippen LogP) is 3.60. The maximum atomic E-state index is 13.7. The van der Waals surface area contributed by atoms with E-state index in [9.17, 15) is 9.50 Å². The third-order valence-electron chi connectivity index (χ3n) is 3.98. The summed E-state index contributed by atoms with van der Waals surface area (Å²) in [5, 5.41) is 15.2. The number of nitrogens with one attached hydrogen (secondary N) is 1. The Morgan fingerprint density at radius 3 is 2.74 bits per heavy atom. The average Bonchev–Trinajstić information content (AvgIpc) is 2.93. The molecule has 23 heavy (non-hydrogen) atoms. The number of halogens is 2. The van der Waals surface area contributed by atoms with Crippen molar-refractivity contribution < 1.29 is 9.50 Å². The summed E-state index contributed by atoms with van der Waals surface area (Å²) < 4.78 is 15.6. The van der Waals surface area contributed by atoms with Gasteiger partial charge in [-0.25, -0.2) is 4.39 Å². The lowest BCUT2D eigenvalue weighted by molar-refractivity contribution is 0.132. The number of fused-ring (bicyclic) bond motifs is 1. The van der Waals surface area contributed by atoms with Gasteiger partial charge in [-0.1, -0.05) is 29.8 Å². The van der Waals surface area contributed by atoms with Crippen molar-refractivity contribution in [1.29, 1.82) is 0 Å². The highest BCUT2D eigenvalue weighted by Crippen LogP contribution is 2.31. The largest absolute Gasteiger partial charge is 0.389 e. The summed E-state index contributed by atoms with van der Waals surface area (Å²) in [5.41, 5.74) is 1.62. The van der Waals surface area contributed by atoms with Gasteiger partial charge in [-0.15, -0.1) is 0 Å². The first-order chi connectivity index (χ1) is 11.1. The first-order valence-electron chi connectivity index (χ1n) is 7.45. The Balaban J connectivity index is 2.16. The van der Waals surface area contributed by atoms with Crippen LogP contribution in [-0.4, -0.2) is 29.4 Å². The third-order valence-corrected chi connectivity index (χ3v) is 4.31. The van der Waals surface area contributed by atoms with Crippen LogP contribution in [0.3, 0.4) is 0 Å². The normalized spacial score (nSPS) is 14.1. The Bertz CT molecular complexity index is 818. The van der Waals surface area contributed by atoms with E-state index < -0.39 is 12.1 Å².